The van der Waals surface area contributed by atoms with Crippen molar-refractivity contribution in [2.24, 2.45) is 0 Å². The minimum Gasteiger partial charge on any atom is -0.380 e. The SMILES string of the molecule is COCc1ccc(CNC(=O)CN(C)S(=O)(=O)c2ccc(F)cc2)cc1. The molecule has 0 bridgehead atoms. The van der Waals surface area contributed by atoms with Crippen LogP contribution in [0.2, 0.25) is 0 Å². The minimum atomic E-state index is -3.85. The normalized spacial score (nSPS) is 11.5. The first-order valence-corrected chi connectivity index (χ1v) is 9.32. The second-order valence-electron chi connectivity index (χ2n) is 5.74. The van der Waals surface area contributed by atoms with Crippen molar-refractivity contribution in [2.75, 3.05) is 20.7 Å². The number of methoxy groups -OCH3 is 1. The van der Waals surface area contributed by atoms with Crippen LogP contribution in [0.4, 0.5) is 4.39 Å². The van der Waals surface area contributed by atoms with E-state index in [4.69, 9.17) is 4.74 Å². The van der Waals surface area contributed by atoms with Crippen molar-refractivity contribution in [3.63, 3.8) is 0 Å². The number of ether oxygens (including phenoxy) is 1. The highest BCUT2D eigenvalue weighted by Gasteiger charge is 2.22. The van der Waals surface area contributed by atoms with E-state index in [1.807, 2.05) is 24.3 Å². The van der Waals surface area contributed by atoms with Crippen LogP contribution in [0.15, 0.2) is 53.4 Å². The first kappa shape index (κ1) is 20.0. The molecule has 2 aromatic rings. The number of hydrogen-bond acceptors (Lipinski definition) is 4. The fourth-order valence-corrected chi connectivity index (χ4v) is 3.38. The molecular weight excluding hydrogens is 359 g/mol. The standard InChI is InChI=1S/C18H21FN2O4S/c1-21(26(23,24)17-9-7-16(19)8-10-17)12-18(22)20-11-14-3-5-15(6-4-14)13-25-2/h3-10H,11-13H2,1-2H3,(H,20,22). The number of carbonyl (C=O) groups excluding carboxylic acids is 1. The highest BCUT2D eigenvalue weighted by atomic mass is 32.2. The van der Waals surface area contributed by atoms with Gasteiger partial charge in [0.05, 0.1) is 18.0 Å². The van der Waals surface area contributed by atoms with Gasteiger partial charge in [-0.2, -0.15) is 4.31 Å². The molecule has 0 aromatic heterocycles. The highest BCUT2D eigenvalue weighted by molar-refractivity contribution is 7.89. The summed E-state index contributed by atoms with van der Waals surface area (Å²) in [7, 11) is -0.935. The summed E-state index contributed by atoms with van der Waals surface area (Å²) in [6.07, 6.45) is 0. The summed E-state index contributed by atoms with van der Waals surface area (Å²) >= 11 is 0. The van der Waals surface area contributed by atoms with E-state index in [0.29, 0.717) is 6.61 Å². The summed E-state index contributed by atoms with van der Waals surface area (Å²) in [5.41, 5.74) is 1.91. The Bertz CT molecular complexity index is 836. The molecule has 26 heavy (non-hydrogen) atoms. The molecule has 0 atom stereocenters. The monoisotopic (exact) mass is 380 g/mol. The molecule has 0 heterocycles. The van der Waals surface area contributed by atoms with Crippen molar-refractivity contribution in [1.82, 2.24) is 9.62 Å². The van der Waals surface area contributed by atoms with E-state index in [-0.39, 0.29) is 18.0 Å². The molecule has 2 rings (SSSR count). The Morgan fingerprint density at radius 3 is 2.23 bits per heavy atom. The van der Waals surface area contributed by atoms with E-state index in [2.05, 4.69) is 5.32 Å². The molecule has 0 radical (unpaired) electrons. The van der Waals surface area contributed by atoms with Gasteiger partial charge in [0, 0.05) is 20.7 Å². The largest absolute Gasteiger partial charge is 0.380 e. The smallest absolute Gasteiger partial charge is 0.243 e. The van der Waals surface area contributed by atoms with Crippen LogP contribution < -0.4 is 5.32 Å². The predicted octanol–water partition coefficient (Wildman–Crippen LogP) is 1.91. The van der Waals surface area contributed by atoms with Gasteiger partial charge in [0.15, 0.2) is 0 Å². The maximum absolute atomic E-state index is 12.9. The van der Waals surface area contributed by atoms with Crippen molar-refractivity contribution in [2.45, 2.75) is 18.0 Å². The number of hydrogen-bond donors (Lipinski definition) is 1. The van der Waals surface area contributed by atoms with Gasteiger partial charge in [-0.1, -0.05) is 24.3 Å². The Morgan fingerprint density at radius 1 is 1.08 bits per heavy atom. The van der Waals surface area contributed by atoms with Gasteiger partial charge < -0.3 is 10.1 Å². The van der Waals surface area contributed by atoms with E-state index in [1.54, 1.807) is 7.11 Å². The lowest BCUT2D eigenvalue weighted by Gasteiger charge is -2.17. The summed E-state index contributed by atoms with van der Waals surface area (Å²) in [5, 5.41) is 2.68. The second kappa shape index (κ2) is 8.88. The average molecular weight is 380 g/mol. The van der Waals surface area contributed by atoms with E-state index in [9.17, 15) is 17.6 Å². The van der Waals surface area contributed by atoms with Gasteiger partial charge in [-0.15, -0.1) is 0 Å². The Kier molecular flexibility index (Phi) is 6.84. The lowest BCUT2D eigenvalue weighted by molar-refractivity contribution is -0.121. The Balaban J connectivity index is 1.91. The molecule has 140 valence electrons. The van der Waals surface area contributed by atoms with Gasteiger partial charge in [0.1, 0.15) is 5.82 Å². The fraction of sp³-hybridized carbons (Fsp3) is 0.278. The summed E-state index contributed by atoms with van der Waals surface area (Å²) in [5.74, 6) is -0.958. The van der Waals surface area contributed by atoms with Crippen LogP contribution in [0.5, 0.6) is 0 Å². The zero-order valence-corrected chi connectivity index (χ0v) is 15.4. The number of likely N-dealkylation sites (N-methyl/N-ethyl adjacent to an activating group) is 1. The lowest BCUT2D eigenvalue weighted by atomic mass is 10.1. The molecule has 0 fully saturated rings. The van der Waals surface area contributed by atoms with E-state index in [0.717, 1.165) is 27.6 Å². The number of carbonyl (C=O) groups is 1. The molecule has 0 unspecified atom stereocenters. The van der Waals surface area contributed by atoms with Crippen LogP contribution in [0.1, 0.15) is 11.1 Å². The van der Waals surface area contributed by atoms with Crippen LogP contribution in [0, 0.1) is 5.82 Å². The van der Waals surface area contributed by atoms with Crippen LogP contribution in [0.3, 0.4) is 0 Å². The molecule has 0 aliphatic rings. The quantitative estimate of drug-likeness (QED) is 0.759. The van der Waals surface area contributed by atoms with Crippen LogP contribution >= 0.6 is 0 Å². The Labute approximate surface area is 152 Å². The van der Waals surface area contributed by atoms with Crippen molar-refractivity contribution in [1.29, 1.82) is 0 Å². The van der Waals surface area contributed by atoms with Crippen LogP contribution in [-0.2, 0) is 32.7 Å². The molecule has 6 nitrogen and oxygen atoms in total. The van der Waals surface area contributed by atoms with Crippen molar-refractivity contribution in [3.8, 4) is 0 Å². The second-order valence-corrected chi connectivity index (χ2v) is 7.79. The number of benzene rings is 2. The first-order chi connectivity index (χ1) is 12.3. The molecule has 0 spiro atoms. The molecule has 0 saturated carbocycles. The number of halogens is 1. The highest BCUT2D eigenvalue weighted by Crippen LogP contribution is 2.14. The number of sulfonamides is 1. The van der Waals surface area contributed by atoms with Gasteiger partial charge in [-0.05, 0) is 35.4 Å². The fourth-order valence-electron chi connectivity index (χ4n) is 2.25. The molecule has 2 aromatic carbocycles. The third kappa shape index (κ3) is 5.35. The third-order valence-electron chi connectivity index (χ3n) is 3.71. The zero-order chi connectivity index (χ0) is 19.2. The Morgan fingerprint density at radius 2 is 1.65 bits per heavy atom. The zero-order valence-electron chi connectivity index (χ0n) is 14.6. The summed E-state index contributed by atoms with van der Waals surface area (Å²) in [6.45, 7) is 0.469. The van der Waals surface area contributed by atoms with Crippen molar-refractivity contribution in [3.05, 3.63) is 65.5 Å². The summed E-state index contributed by atoms with van der Waals surface area (Å²) < 4.78 is 43.6. The minimum absolute atomic E-state index is 0.0667. The van der Waals surface area contributed by atoms with Crippen LogP contribution in [0.25, 0.3) is 0 Å². The molecule has 1 N–H and O–H groups in total. The number of nitrogens with one attached hydrogen (secondary N) is 1. The van der Waals surface area contributed by atoms with Crippen LogP contribution in [-0.4, -0.2) is 39.3 Å². The van der Waals surface area contributed by atoms with Gasteiger partial charge in [-0.25, -0.2) is 12.8 Å². The lowest BCUT2D eigenvalue weighted by Crippen LogP contribution is -2.38. The number of rotatable bonds is 8. The maximum Gasteiger partial charge on any atom is 0.243 e. The summed E-state index contributed by atoms with van der Waals surface area (Å²) in [4.78, 5) is 12.0. The maximum atomic E-state index is 12.9. The van der Waals surface area contributed by atoms with Gasteiger partial charge >= 0.3 is 0 Å². The molecule has 1 amide bonds. The Hall–Kier alpha value is -2.29. The van der Waals surface area contributed by atoms with Gasteiger partial charge in [0.25, 0.3) is 0 Å². The topological polar surface area (TPSA) is 75.7 Å². The van der Waals surface area contributed by atoms with Crippen molar-refractivity contribution >= 4 is 15.9 Å². The van der Waals surface area contributed by atoms with E-state index in [1.165, 1.54) is 19.2 Å². The molecule has 0 saturated heterocycles. The van der Waals surface area contributed by atoms with Crippen molar-refractivity contribution < 1.29 is 22.3 Å². The number of nitrogens with zero attached hydrogens (tertiary/aromatic N) is 1. The molecule has 8 heteroatoms. The first-order valence-electron chi connectivity index (χ1n) is 7.88. The van der Waals surface area contributed by atoms with Gasteiger partial charge in [-0.3, -0.25) is 4.79 Å². The molecule has 0 aliphatic carbocycles. The van der Waals surface area contributed by atoms with Gasteiger partial charge in [0.2, 0.25) is 15.9 Å². The molecule has 0 aliphatic heterocycles. The summed E-state index contributed by atoms with van der Waals surface area (Å²) in [6, 6.07) is 12.0. The predicted molar refractivity (Wildman–Crippen MR) is 95.2 cm³/mol. The average Bonchev–Trinajstić information content (AvgIpc) is 2.61. The van der Waals surface area contributed by atoms with E-state index >= 15 is 0 Å². The number of amides is 1. The molecular formula is C18H21FN2O4S. The third-order valence-corrected chi connectivity index (χ3v) is 5.53. The van der Waals surface area contributed by atoms with E-state index < -0.39 is 21.7 Å².